The maximum Gasteiger partial charge on any atom is 0.137 e. The summed E-state index contributed by atoms with van der Waals surface area (Å²) < 4.78 is 0. The smallest absolute Gasteiger partial charge is 0.137 e. The lowest BCUT2D eigenvalue weighted by atomic mass is 10.1. The van der Waals surface area contributed by atoms with Crippen LogP contribution in [0.3, 0.4) is 0 Å². The van der Waals surface area contributed by atoms with Crippen molar-refractivity contribution in [2.75, 3.05) is 22.6 Å². The Hall–Kier alpha value is -1.49. The number of rotatable bonds is 2. The summed E-state index contributed by atoms with van der Waals surface area (Å²) in [4.78, 5) is 8.62. The second-order valence-electron chi connectivity index (χ2n) is 4.53. The zero-order chi connectivity index (χ0) is 12.4. The van der Waals surface area contributed by atoms with Gasteiger partial charge in [0, 0.05) is 17.1 Å². The molecule has 0 spiro atoms. The number of thioether (sulfide) groups is 1. The first-order valence-corrected chi connectivity index (χ1v) is 7.33. The third-order valence-corrected chi connectivity index (χ3v) is 4.27. The number of hydrogen-bond donors (Lipinski definition) is 2. The fourth-order valence-corrected chi connectivity index (χ4v) is 3.33. The third-order valence-electron chi connectivity index (χ3n) is 3.22. The molecule has 2 aromatic rings. The van der Waals surface area contributed by atoms with Crippen LogP contribution in [0.25, 0.3) is 10.9 Å². The summed E-state index contributed by atoms with van der Waals surface area (Å²) in [7, 11) is 0. The fraction of sp³-hybridized carbons (Fsp3) is 0.385. The van der Waals surface area contributed by atoms with Gasteiger partial charge in [0.05, 0.1) is 5.52 Å². The van der Waals surface area contributed by atoms with Crippen molar-refractivity contribution >= 4 is 34.2 Å². The number of nitrogen functional groups attached to an aromatic ring is 1. The van der Waals surface area contributed by atoms with Crippen LogP contribution in [0.1, 0.15) is 12.8 Å². The van der Waals surface area contributed by atoms with Gasteiger partial charge in [-0.05, 0) is 42.5 Å². The van der Waals surface area contributed by atoms with Crippen molar-refractivity contribution in [2.24, 2.45) is 0 Å². The molecule has 0 saturated carbocycles. The molecule has 0 unspecified atom stereocenters. The molecular weight excluding hydrogens is 244 g/mol. The number of nitrogens with two attached hydrogens (primary N) is 1. The van der Waals surface area contributed by atoms with Gasteiger partial charge in [-0.15, -0.1) is 0 Å². The van der Waals surface area contributed by atoms with Gasteiger partial charge in [-0.3, -0.25) is 0 Å². The van der Waals surface area contributed by atoms with E-state index in [1.165, 1.54) is 24.3 Å². The second kappa shape index (κ2) is 5.02. The van der Waals surface area contributed by atoms with E-state index in [2.05, 4.69) is 15.3 Å². The number of nitrogens with zero attached hydrogens (tertiary/aromatic N) is 2. The summed E-state index contributed by atoms with van der Waals surface area (Å²) in [5, 5.41) is 4.54. The molecule has 0 aliphatic carbocycles. The van der Waals surface area contributed by atoms with Gasteiger partial charge in [0.25, 0.3) is 0 Å². The number of nitrogens with one attached hydrogen (secondary N) is 1. The number of fused-ring (bicyclic) bond motifs is 1. The molecule has 2 heterocycles. The lowest BCUT2D eigenvalue weighted by molar-refractivity contribution is 0.664. The van der Waals surface area contributed by atoms with Crippen molar-refractivity contribution in [1.29, 1.82) is 0 Å². The predicted octanol–water partition coefficient (Wildman–Crippen LogP) is 2.52. The highest BCUT2D eigenvalue weighted by Gasteiger charge is 2.15. The van der Waals surface area contributed by atoms with Crippen LogP contribution in [0.2, 0.25) is 0 Å². The molecule has 1 saturated heterocycles. The van der Waals surface area contributed by atoms with Crippen LogP contribution in [0.15, 0.2) is 24.5 Å². The highest BCUT2D eigenvalue weighted by molar-refractivity contribution is 7.99. The quantitative estimate of drug-likeness (QED) is 0.812. The largest absolute Gasteiger partial charge is 0.399 e. The van der Waals surface area contributed by atoms with Gasteiger partial charge in [0.1, 0.15) is 12.1 Å². The molecule has 1 aliphatic heterocycles. The molecule has 0 amide bonds. The number of hydrogen-bond acceptors (Lipinski definition) is 5. The normalized spacial score (nSPS) is 16.9. The van der Waals surface area contributed by atoms with Crippen LogP contribution in [0, 0.1) is 0 Å². The first-order valence-electron chi connectivity index (χ1n) is 6.17. The average Bonchev–Trinajstić information content (AvgIpc) is 2.41. The summed E-state index contributed by atoms with van der Waals surface area (Å²) in [6, 6.07) is 6.27. The Bertz CT molecular complexity index is 552. The first kappa shape index (κ1) is 11.6. The molecule has 1 aromatic heterocycles. The lowest BCUT2D eigenvalue weighted by Gasteiger charge is -2.23. The Kier molecular flexibility index (Phi) is 3.23. The van der Waals surface area contributed by atoms with Crippen LogP contribution >= 0.6 is 11.8 Å². The van der Waals surface area contributed by atoms with Crippen molar-refractivity contribution in [3.05, 3.63) is 24.5 Å². The van der Waals surface area contributed by atoms with Crippen molar-refractivity contribution in [3.8, 4) is 0 Å². The topological polar surface area (TPSA) is 63.8 Å². The monoisotopic (exact) mass is 260 g/mol. The molecule has 3 rings (SSSR count). The first-order chi connectivity index (χ1) is 8.83. The average molecular weight is 260 g/mol. The zero-order valence-electron chi connectivity index (χ0n) is 10.1. The molecule has 1 fully saturated rings. The molecule has 1 aliphatic rings. The van der Waals surface area contributed by atoms with Crippen LogP contribution in [0.4, 0.5) is 11.5 Å². The van der Waals surface area contributed by atoms with E-state index in [-0.39, 0.29) is 0 Å². The van der Waals surface area contributed by atoms with E-state index in [9.17, 15) is 0 Å². The number of benzene rings is 1. The highest BCUT2D eigenvalue weighted by atomic mass is 32.2. The molecular formula is C13H16N4S. The van der Waals surface area contributed by atoms with Crippen molar-refractivity contribution < 1.29 is 0 Å². The van der Waals surface area contributed by atoms with Gasteiger partial charge >= 0.3 is 0 Å². The van der Waals surface area contributed by atoms with Gasteiger partial charge < -0.3 is 11.1 Å². The standard InChI is InChI=1S/C13H16N4S/c14-9-1-2-12-11(7-9)13(16-8-15-12)17-10-3-5-18-6-4-10/h1-2,7-8,10H,3-6,14H2,(H,15,16,17). The van der Waals surface area contributed by atoms with Gasteiger partial charge in [0.15, 0.2) is 0 Å². The Morgan fingerprint density at radius 3 is 2.89 bits per heavy atom. The van der Waals surface area contributed by atoms with E-state index >= 15 is 0 Å². The minimum Gasteiger partial charge on any atom is -0.399 e. The number of aromatic nitrogens is 2. The summed E-state index contributed by atoms with van der Waals surface area (Å²) in [6.07, 6.45) is 4.00. The van der Waals surface area contributed by atoms with Gasteiger partial charge in [0.2, 0.25) is 0 Å². The Morgan fingerprint density at radius 1 is 1.22 bits per heavy atom. The van der Waals surface area contributed by atoms with E-state index in [4.69, 9.17) is 5.73 Å². The Labute approximate surface area is 110 Å². The minimum atomic E-state index is 0.519. The SMILES string of the molecule is Nc1ccc2ncnc(NC3CCSCC3)c2c1. The molecule has 0 bridgehead atoms. The summed E-state index contributed by atoms with van der Waals surface area (Å²) in [6.45, 7) is 0. The predicted molar refractivity (Wildman–Crippen MR) is 77.9 cm³/mol. The zero-order valence-corrected chi connectivity index (χ0v) is 10.9. The highest BCUT2D eigenvalue weighted by Crippen LogP contribution is 2.25. The summed E-state index contributed by atoms with van der Waals surface area (Å²) in [5.41, 5.74) is 7.53. The van der Waals surface area contributed by atoms with Gasteiger partial charge in [-0.1, -0.05) is 0 Å². The Morgan fingerprint density at radius 2 is 2.06 bits per heavy atom. The second-order valence-corrected chi connectivity index (χ2v) is 5.75. The van der Waals surface area contributed by atoms with E-state index < -0.39 is 0 Å². The van der Waals surface area contributed by atoms with E-state index in [0.717, 1.165) is 22.4 Å². The van der Waals surface area contributed by atoms with E-state index in [0.29, 0.717) is 6.04 Å². The molecule has 3 N–H and O–H groups in total. The molecule has 1 aromatic carbocycles. The van der Waals surface area contributed by atoms with Crippen molar-refractivity contribution in [2.45, 2.75) is 18.9 Å². The third kappa shape index (κ3) is 2.36. The van der Waals surface area contributed by atoms with Crippen molar-refractivity contribution in [3.63, 3.8) is 0 Å². The maximum atomic E-state index is 5.84. The summed E-state index contributed by atoms with van der Waals surface area (Å²) in [5.74, 6) is 3.36. The molecule has 18 heavy (non-hydrogen) atoms. The van der Waals surface area contributed by atoms with Crippen molar-refractivity contribution in [1.82, 2.24) is 9.97 Å². The fourth-order valence-electron chi connectivity index (χ4n) is 2.22. The maximum absolute atomic E-state index is 5.84. The van der Waals surface area contributed by atoms with Gasteiger partial charge in [-0.25, -0.2) is 9.97 Å². The lowest BCUT2D eigenvalue weighted by Crippen LogP contribution is -2.25. The molecule has 4 nitrogen and oxygen atoms in total. The number of anilines is 2. The molecule has 0 radical (unpaired) electrons. The molecule has 94 valence electrons. The van der Waals surface area contributed by atoms with Crippen LogP contribution in [-0.4, -0.2) is 27.5 Å². The minimum absolute atomic E-state index is 0.519. The van der Waals surface area contributed by atoms with E-state index in [1.807, 2.05) is 30.0 Å². The van der Waals surface area contributed by atoms with E-state index in [1.54, 1.807) is 6.33 Å². The van der Waals surface area contributed by atoms with Crippen LogP contribution in [0.5, 0.6) is 0 Å². The summed E-state index contributed by atoms with van der Waals surface area (Å²) >= 11 is 2.02. The molecule has 5 heteroatoms. The van der Waals surface area contributed by atoms with Crippen LogP contribution < -0.4 is 11.1 Å². The van der Waals surface area contributed by atoms with Gasteiger partial charge in [-0.2, -0.15) is 11.8 Å². The van der Waals surface area contributed by atoms with Crippen LogP contribution in [-0.2, 0) is 0 Å². The molecule has 0 atom stereocenters. The Balaban J connectivity index is 1.92.